The molecular formula is C21H36OSi. The lowest BCUT2D eigenvalue weighted by Gasteiger charge is -2.22. The quantitative estimate of drug-likeness (QED) is 0.276. The zero-order chi connectivity index (χ0) is 17.0. The van der Waals surface area contributed by atoms with Crippen molar-refractivity contribution < 1.29 is 4.43 Å². The zero-order valence-corrected chi connectivity index (χ0v) is 16.8. The van der Waals surface area contributed by atoms with Gasteiger partial charge >= 0.3 is 9.76 Å². The second kappa shape index (κ2) is 11.7. The monoisotopic (exact) mass is 332 g/mol. The van der Waals surface area contributed by atoms with Crippen LogP contribution in [-0.4, -0.2) is 9.76 Å². The Hall–Kier alpha value is -0.763. The number of hydrogen-bond acceptors (Lipinski definition) is 1. The summed E-state index contributed by atoms with van der Waals surface area (Å²) >= 11 is 0. The van der Waals surface area contributed by atoms with Gasteiger partial charge in [0.05, 0.1) is 0 Å². The van der Waals surface area contributed by atoms with E-state index in [9.17, 15) is 0 Å². The van der Waals surface area contributed by atoms with Crippen LogP contribution in [-0.2, 0) is 0 Å². The van der Waals surface area contributed by atoms with Crippen molar-refractivity contribution in [1.82, 2.24) is 0 Å². The molecule has 0 unspecified atom stereocenters. The van der Waals surface area contributed by atoms with E-state index >= 15 is 0 Å². The highest BCUT2D eigenvalue weighted by Crippen LogP contribution is 2.31. The largest absolute Gasteiger partial charge is 0.540 e. The van der Waals surface area contributed by atoms with Gasteiger partial charge in [0.25, 0.3) is 0 Å². The van der Waals surface area contributed by atoms with E-state index in [1.54, 1.807) is 0 Å². The summed E-state index contributed by atoms with van der Waals surface area (Å²) in [6, 6.07) is 8.38. The Balaban J connectivity index is 2.06. The Morgan fingerprint density at radius 1 is 0.913 bits per heavy atom. The third kappa shape index (κ3) is 10.6. The van der Waals surface area contributed by atoms with Crippen LogP contribution in [0.3, 0.4) is 0 Å². The molecule has 1 aromatic rings. The van der Waals surface area contributed by atoms with Gasteiger partial charge < -0.3 is 4.43 Å². The SMILES string of the molecule is CCCCCCCCCCCC(C)(C)[Si]Oc1cccc(C)c1. The van der Waals surface area contributed by atoms with Gasteiger partial charge in [-0.3, -0.25) is 0 Å². The molecule has 0 fully saturated rings. The lowest BCUT2D eigenvalue weighted by molar-refractivity contribution is 0.474. The van der Waals surface area contributed by atoms with Crippen LogP contribution in [0.5, 0.6) is 5.75 Å². The van der Waals surface area contributed by atoms with Crippen molar-refractivity contribution in [3.63, 3.8) is 0 Å². The van der Waals surface area contributed by atoms with Crippen molar-refractivity contribution in [1.29, 1.82) is 0 Å². The van der Waals surface area contributed by atoms with E-state index in [0.717, 1.165) is 5.75 Å². The third-order valence-corrected chi connectivity index (χ3v) is 5.48. The molecule has 0 spiro atoms. The van der Waals surface area contributed by atoms with Crippen LogP contribution in [0.1, 0.15) is 90.5 Å². The number of rotatable bonds is 13. The highest BCUT2D eigenvalue weighted by atomic mass is 28.2. The maximum atomic E-state index is 6.01. The van der Waals surface area contributed by atoms with Gasteiger partial charge in [0, 0.05) is 0 Å². The molecule has 2 radical (unpaired) electrons. The van der Waals surface area contributed by atoms with Crippen molar-refractivity contribution in [3.8, 4) is 5.75 Å². The van der Waals surface area contributed by atoms with Crippen molar-refractivity contribution in [3.05, 3.63) is 29.8 Å². The normalized spacial score (nSPS) is 11.7. The molecule has 0 aliphatic rings. The molecule has 130 valence electrons. The summed E-state index contributed by atoms with van der Waals surface area (Å²) < 4.78 is 6.01. The minimum Gasteiger partial charge on any atom is -0.540 e. The van der Waals surface area contributed by atoms with Crippen LogP contribution in [0.15, 0.2) is 24.3 Å². The van der Waals surface area contributed by atoms with Gasteiger partial charge in [0.15, 0.2) is 0 Å². The molecule has 0 atom stereocenters. The van der Waals surface area contributed by atoms with E-state index in [0.29, 0.717) is 14.8 Å². The maximum absolute atomic E-state index is 6.01. The smallest absolute Gasteiger partial charge is 0.317 e. The summed E-state index contributed by atoms with van der Waals surface area (Å²) in [6.45, 7) is 9.08. The molecule has 0 heterocycles. The Bertz CT molecular complexity index is 414. The Labute approximate surface area is 147 Å². The van der Waals surface area contributed by atoms with Crippen molar-refractivity contribution >= 4 is 9.76 Å². The van der Waals surface area contributed by atoms with Crippen molar-refractivity contribution in [2.45, 2.75) is 96.9 Å². The summed E-state index contributed by atoms with van der Waals surface area (Å²) in [6.07, 6.45) is 13.9. The summed E-state index contributed by atoms with van der Waals surface area (Å²) in [5.74, 6) is 1.02. The minimum absolute atomic E-state index is 0.297. The first kappa shape index (κ1) is 20.3. The molecular weight excluding hydrogens is 296 g/mol. The molecule has 1 aromatic carbocycles. The third-order valence-electron chi connectivity index (χ3n) is 4.34. The van der Waals surface area contributed by atoms with Crippen molar-refractivity contribution in [2.24, 2.45) is 0 Å². The van der Waals surface area contributed by atoms with E-state index in [1.807, 2.05) is 0 Å². The average molecular weight is 333 g/mol. The first-order chi connectivity index (χ1) is 11.0. The van der Waals surface area contributed by atoms with Crippen LogP contribution in [0.25, 0.3) is 0 Å². The number of aryl methyl sites for hydroxylation is 1. The highest BCUT2D eigenvalue weighted by Gasteiger charge is 2.21. The van der Waals surface area contributed by atoms with Crippen LogP contribution in [0, 0.1) is 6.92 Å². The topological polar surface area (TPSA) is 9.23 Å². The van der Waals surface area contributed by atoms with Gasteiger partial charge in [-0.2, -0.15) is 0 Å². The van der Waals surface area contributed by atoms with Crippen LogP contribution < -0.4 is 4.43 Å². The number of hydrogen-bond donors (Lipinski definition) is 0. The summed E-state index contributed by atoms with van der Waals surface area (Å²) in [5.41, 5.74) is 1.27. The fourth-order valence-electron chi connectivity index (χ4n) is 2.80. The Morgan fingerprint density at radius 2 is 1.52 bits per heavy atom. The molecule has 2 heteroatoms. The maximum Gasteiger partial charge on any atom is 0.317 e. The van der Waals surface area contributed by atoms with Crippen LogP contribution in [0.4, 0.5) is 0 Å². The van der Waals surface area contributed by atoms with Gasteiger partial charge in [-0.1, -0.05) is 90.7 Å². The van der Waals surface area contributed by atoms with Gasteiger partial charge in [0.2, 0.25) is 0 Å². The van der Waals surface area contributed by atoms with Gasteiger partial charge in [-0.05, 0) is 36.1 Å². The average Bonchev–Trinajstić information content (AvgIpc) is 2.52. The van der Waals surface area contributed by atoms with E-state index in [2.05, 4.69) is 52.0 Å². The molecule has 0 amide bonds. The van der Waals surface area contributed by atoms with Crippen molar-refractivity contribution in [2.75, 3.05) is 0 Å². The van der Waals surface area contributed by atoms with Gasteiger partial charge in [0.1, 0.15) is 5.75 Å². The predicted molar refractivity (Wildman–Crippen MR) is 103 cm³/mol. The second-order valence-corrected chi connectivity index (χ2v) is 9.24. The number of unbranched alkanes of at least 4 members (excludes halogenated alkanes) is 8. The Kier molecular flexibility index (Phi) is 10.3. The fraction of sp³-hybridized carbons (Fsp3) is 0.714. The molecule has 23 heavy (non-hydrogen) atoms. The number of benzene rings is 1. The van der Waals surface area contributed by atoms with E-state index < -0.39 is 0 Å². The van der Waals surface area contributed by atoms with Crippen LogP contribution in [0.2, 0.25) is 5.04 Å². The minimum atomic E-state index is 0.297. The van der Waals surface area contributed by atoms with E-state index in [-0.39, 0.29) is 0 Å². The summed E-state index contributed by atoms with van der Waals surface area (Å²) in [7, 11) is 0.545. The summed E-state index contributed by atoms with van der Waals surface area (Å²) in [5, 5.41) is 0.297. The lowest BCUT2D eigenvalue weighted by Crippen LogP contribution is -2.19. The van der Waals surface area contributed by atoms with E-state index in [4.69, 9.17) is 4.43 Å². The van der Waals surface area contributed by atoms with Crippen LogP contribution >= 0.6 is 0 Å². The second-order valence-electron chi connectivity index (χ2n) is 7.48. The first-order valence-electron chi connectivity index (χ1n) is 9.54. The first-order valence-corrected chi connectivity index (χ1v) is 10.4. The molecule has 0 N–H and O–H groups in total. The van der Waals surface area contributed by atoms with Gasteiger partial charge in [-0.25, -0.2) is 0 Å². The molecule has 1 rings (SSSR count). The molecule has 0 saturated carbocycles. The predicted octanol–water partition coefficient (Wildman–Crippen LogP) is 7.11. The molecule has 0 bridgehead atoms. The zero-order valence-electron chi connectivity index (χ0n) is 15.8. The molecule has 0 saturated heterocycles. The molecule has 0 aromatic heterocycles. The molecule has 0 aliphatic heterocycles. The summed E-state index contributed by atoms with van der Waals surface area (Å²) in [4.78, 5) is 0. The highest BCUT2D eigenvalue weighted by molar-refractivity contribution is 6.33. The molecule has 0 aliphatic carbocycles. The fourth-order valence-corrected chi connectivity index (χ4v) is 3.60. The lowest BCUT2D eigenvalue weighted by atomic mass is 10.0. The Morgan fingerprint density at radius 3 is 2.13 bits per heavy atom. The van der Waals surface area contributed by atoms with Gasteiger partial charge in [-0.15, -0.1) is 0 Å². The van der Waals surface area contributed by atoms with E-state index in [1.165, 1.54) is 69.8 Å². The molecule has 1 nitrogen and oxygen atoms in total. The standard InChI is InChI=1S/C21H36OSi/c1-5-6-7-8-9-10-11-12-13-17-21(3,4)23-22-20-16-14-15-19(2)18-20/h14-16,18H,5-13,17H2,1-4H3.